The van der Waals surface area contributed by atoms with Gasteiger partial charge in [0.2, 0.25) is 0 Å². The van der Waals surface area contributed by atoms with Crippen molar-refractivity contribution in [1.29, 1.82) is 0 Å². The topological polar surface area (TPSA) is 64.3 Å². The van der Waals surface area contributed by atoms with Crippen LogP contribution in [0.15, 0.2) is 0 Å². The molecule has 0 bridgehead atoms. The zero-order chi connectivity index (χ0) is 7.98. The zero-order valence-electron chi connectivity index (χ0n) is 6.39. The summed E-state index contributed by atoms with van der Waals surface area (Å²) in [6, 6.07) is -0.462. The minimum absolute atomic E-state index is 0.183. The lowest BCUT2D eigenvalue weighted by molar-refractivity contribution is 0.247. The molecule has 0 aliphatic rings. The fourth-order valence-corrected chi connectivity index (χ4v) is 1.59. The number of hydrogen-bond acceptors (Lipinski definition) is 2. The predicted octanol–water partition coefficient (Wildman–Crippen LogP) is -0.879. The van der Waals surface area contributed by atoms with Crippen molar-refractivity contribution in [3.05, 3.63) is 0 Å². The van der Waals surface area contributed by atoms with Crippen LogP contribution in [0.3, 0.4) is 0 Å². The van der Waals surface area contributed by atoms with E-state index in [9.17, 15) is 4.79 Å². The summed E-state index contributed by atoms with van der Waals surface area (Å²) in [5.41, 5.74) is 5.10. The second kappa shape index (κ2) is 5.25. The van der Waals surface area contributed by atoms with Crippen molar-refractivity contribution < 1.29 is 9.22 Å². The number of carbonyl (C=O) groups is 1. The molecular formula is C5H14N2O2Si. The molecule has 3 N–H and O–H groups in total. The van der Waals surface area contributed by atoms with Gasteiger partial charge in [0.15, 0.2) is 9.76 Å². The van der Waals surface area contributed by atoms with Crippen LogP contribution in [0.5, 0.6) is 0 Å². The zero-order valence-corrected chi connectivity index (χ0v) is 7.80. The van der Waals surface area contributed by atoms with Crippen molar-refractivity contribution in [3.8, 4) is 0 Å². The van der Waals surface area contributed by atoms with Crippen molar-refractivity contribution in [3.63, 3.8) is 0 Å². The van der Waals surface area contributed by atoms with Gasteiger partial charge in [0.1, 0.15) is 0 Å². The Kier molecular flexibility index (Phi) is 4.96. The smallest absolute Gasteiger partial charge is 0.312 e. The summed E-state index contributed by atoms with van der Waals surface area (Å²) in [6.45, 7) is 1.99. The first kappa shape index (κ1) is 9.45. The Balaban J connectivity index is 3.49. The predicted molar refractivity (Wildman–Crippen MR) is 42.4 cm³/mol. The molecule has 4 nitrogen and oxygen atoms in total. The molecule has 0 rings (SSSR count). The molecule has 2 amide bonds. The number of carbonyl (C=O) groups excluding carboxylic acids is 1. The summed E-state index contributed by atoms with van der Waals surface area (Å²) in [6.07, 6.45) is 0.892. The van der Waals surface area contributed by atoms with E-state index < -0.39 is 15.8 Å². The molecule has 0 aromatic carbocycles. The van der Waals surface area contributed by atoms with Gasteiger partial charge in [-0.25, -0.2) is 4.79 Å². The highest BCUT2D eigenvalue weighted by atomic mass is 28.2. The molecule has 0 radical (unpaired) electrons. The van der Waals surface area contributed by atoms with Gasteiger partial charge in [0.05, 0.1) is 0 Å². The molecule has 1 atom stereocenters. The first-order chi connectivity index (χ1) is 4.70. The lowest BCUT2D eigenvalue weighted by Gasteiger charge is -2.12. The van der Waals surface area contributed by atoms with Crippen LogP contribution in [0.25, 0.3) is 0 Å². The third-order valence-electron chi connectivity index (χ3n) is 1.21. The van der Waals surface area contributed by atoms with Crippen LogP contribution in [-0.2, 0) is 4.43 Å². The van der Waals surface area contributed by atoms with Crippen LogP contribution >= 0.6 is 0 Å². The number of hydrogen-bond donors (Lipinski definition) is 2. The molecule has 0 saturated heterocycles. The van der Waals surface area contributed by atoms with Crippen molar-refractivity contribution in [2.75, 3.05) is 7.11 Å². The van der Waals surface area contributed by atoms with Gasteiger partial charge in [0.25, 0.3) is 0 Å². The molecule has 0 aliphatic carbocycles. The molecule has 5 heteroatoms. The van der Waals surface area contributed by atoms with Gasteiger partial charge < -0.3 is 15.5 Å². The summed E-state index contributed by atoms with van der Waals surface area (Å²) in [5.74, 6) is 0. The van der Waals surface area contributed by atoms with Crippen molar-refractivity contribution in [2.24, 2.45) is 5.73 Å². The summed E-state index contributed by atoms with van der Waals surface area (Å²) >= 11 is 0. The fraction of sp³-hybridized carbons (Fsp3) is 0.800. The fourth-order valence-electron chi connectivity index (χ4n) is 0.664. The Morgan fingerprint density at radius 3 is 2.80 bits per heavy atom. The summed E-state index contributed by atoms with van der Waals surface area (Å²) < 4.78 is 4.96. The van der Waals surface area contributed by atoms with Gasteiger partial charge in [-0.1, -0.05) is 6.92 Å². The number of rotatable bonds is 4. The summed E-state index contributed by atoms with van der Waals surface area (Å²) in [7, 11) is 1.03. The molecular weight excluding hydrogens is 148 g/mol. The van der Waals surface area contributed by atoms with Crippen LogP contribution in [0, 0.1) is 0 Å². The van der Waals surface area contributed by atoms with Crippen molar-refractivity contribution in [1.82, 2.24) is 5.32 Å². The van der Waals surface area contributed by atoms with E-state index in [0.29, 0.717) is 0 Å². The third-order valence-corrected chi connectivity index (χ3v) is 2.72. The molecule has 0 aromatic rings. The van der Waals surface area contributed by atoms with Crippen LogP contribution < -0.4 is 11.1 Å². The lowest BCUT2D eigenvalue weighted by Crippen LogP contribution is -2.42. The van der Waals surface area contributed by atoms with Gasteiger partial charge in [-0.2, -0.15) is 0 Å². The van der Waals surface area contributed by atoms with Gasteiger partial charge >= 0.3 is 6.03 Å². The van der Waals surface area contributed by atoms with E-state index in [0.717, 1.165) is 6.42 Å². The summed E-state index contributed by atoms with van der Waals surface area (Å²) in [4.78, 5) is 10.3. The van der Waals surface area contributed by atoms with E-state index in [2.05, 4.69) is 5.32 Å². The number of urea groups is 1. The third kappa shape index (κ3) is 4.34. The molecule has 10 heavy (non-hydrogen) atoms. The van der Waals surface area contributed by atoms with Crippen molar-refractivity contribution >= 4 is 15.8 Å². The SMILES string of the molecule is CCC(NC(N)=O)[SiH2]OC. The van der Waals surface area contributed by atoms with Crippen LogP contribution in [-0.4, -0.2) is 28.6 Å². The Hall–Kier alpha value is -0.553. The minimum atomic E-state index is -0.619. The Labute approximate surface area is 63.1 Å². The van der Waals surface area contributed by atoms with E-state index >= 15 is 0 Å². The minimum Gasteiger partial charge on any atom is -0.425 e. The number of amides is 2. The Morgan fingerprint density at radius 1 is 1.90 bits per heavy atom. The normalized spacial score (nSPS) is 13.8. The standard InChI is InChI=1S/C5H14N2O2Si/c1-3-4(10-9-2)7-5(6)8/h4H,3,10H2,1-2H3,(H3,6,7,8). The van der Waals surface area contributed by atoms with Crippen LogP contribution in [0.2, 0.25) is 0 Å². The second-order valence-electron chi connectivity index (χ2n) is 2.07. The maximum absolute atomic E-state index is 10.3. The average molecular weight is 162 g/mol. The molecule has 0 fully saturated rings. The first-order valence-electron chi connectivity index (χ1n) is 3.25. The van der Waals surface area contributed by atoms with E-state index in [4.69, 9.17) is 10.2 Å². The number of nitrogens with one attached hydrogen (secondary N) is 1. The number of nitrogens with two attached hydrogens (primary N) is 1. The molecule has 1 unspecified atom stereocenters. The highest BCUT2D eigenvalue weighted by Gasteiger charge is 2.06. The molecule has 60 valence electrons. The second-order valence-corrected chi connectivity index (χ2v) is 3.97. The summed E-state index contributed by atoms with van der Waals surface area (Å²) in [5, 5.41) is 2.61. The van der Waals surface area contributed by atoms with Crippen molar-refractivity contribution in [2.45, 2.75) is 19.0 Å². The van der Waals surface area contributed by atoms with Gasteiger partial charge in [-0.3, -0.25) is 0 Å². The average Bonchev–Trinajstić information content (AvgIpc) is 1.86. The highest BCUT2D eigenvalue weighted by Crippen LogP contribution is 1.86. The Morgan fingerprint density at radius 2 is 2.50 bits per heavy atom. The van der Waals surface area contributed by atoms with Crippen LogP contribution in [0.1, 0.15) is 13.3 Å². The maximum atomic E-state index is 10.3. The number of primary amides is 1. The first-order valence-corrected chi connectivity index (χ1v) is 4.65. The largest absolute Gasteiger partial charge is 0.425 e. The monoisotopic (exact) mass is 162 g/mol. The lowest BCUT2D eigenvalue weighted by atomic mass is 10.5. The van der Waals surface area contributed by atoms with Crippen LogP contribution in [0.4, 0.5) is 4.79 Å². The highest BCUT2D eigenvalue weighted by molar-refractivity contribution is 6.30. The van der Waals surface area contributed by atoms with E-state index in [-0.39, 0.29) is 5.67 Å². The maximum Gasteiger partial charge on any atom is 0.312 e. The molecule has 0 aromatic heterocycles. The molecule has 0 aliphatic heterocycles. The van der Waals surface area contributed by atoms with E-state index in [1.54, 1.807) is 7.11 Å². The molecule has 0 spiro atoms. The molecule has 0 saturated carbocycles. The quantitative estimate of drug-likeness (QED) is 0.527. The van der Waals surface area contributed by atoms with E-state index in [1.165, 1.54) is 0 Å². The van der Waals surface area contributed by atoms with Gasteiger partial charge in [0, 0.05) is 12.8 Å². The molecule has 0 heterocycles. The van der Waals surface area contributed by atoms with E-state index in [1.807, 2.05) is 6.92 Å². The van der Waals surface area contributed by atoms with Gasteiger partial charge in [-0.05, 0) is 6.42 Å². The Bertz CT molecular complexity index is 110. The van der Waals surface area contributed by atoms with Gasteiger partial charge in [-0.15, -0.1) is 0 Å².